The molecule has 2 aromatic carbocycles. The van der Waals surface area contributed by atoms with E-state index < -0.39 is 47.4 Å². The molecule has 9 heteroatoms. The molecular weight excluding hydrogens is 634 g/mol. The molecule has 1 N–H and O–H groups in total. The lowest BCUT2D eigenvalue weighted by Gasteiger charge is -2.34. The van der Waals surface area contributed by atoms with Crippen molar-refractivity contribution in [3.63, 3.8) is 0 Å². The second kappa shape index (κ2) is 19.3. The number of carbonyl (C=O) groups is 5. The highest BCUT2D eigenvalue weighted by Gasteiger charge is 2.54. The molecule has 2 aromatic rings. The lowest BCUT2D eigenvalue weighted by atomic mass is 9.85. The molecular formula is C41H55NO8. The number of ether oxygens (including phenoxy) is 2. The van der Waals surface area contributed by atoms with Gasteiger partial charge in [-0.15, -0.1) is 0 Å². The van der Waals surface area contributed by atoms with Crippen LogP contribution >= 0.6 is 0 Å². The Labute approximate surface area is 297 Å². The molecule has 9 nitrogen and oxygen atoms in total. The number of hydrogen-bond acceptors (Lipinski definition) is 8. The molecule has 50 heavy (non-hydrogen) atoms. The van der Waals surface area contributed by atoms with Gasteiger partial charge in [-0.25, -0.2) is 9.69 Å². The van der Waals surface area contributed by atoms with Crippen molar-refractivity contribution in [2.24, 2.45) is 11.8 Å². The average Bonchev–Trinajstić information content (AvgIpc) is 3.31. The zero-order valence-corrected chi connectivity index (χ0v) is 30.6. The van der Waals surface area contributed by atoms with Crippen LogP contribution in [0.15, 0.2) is 60.7 Å². The number of aryl methyl sites for hydroxylation is 1. The Morgan fingerprint density at radius 1 is 0.920 bits per heavy atom. The third kappa shape index (κ3) is 11.5. The first-order valence-electron chi connectivity index (χ1n) is 18.0. The van der Waals surface area contributed by atoms with E-state index >= 15 is 0 Å². The van der Waals surface area contributed by atoms with Gasteiger partial charge in [0.15, 0.2) is 17.7 Å². The van der Waals surface area contributed by atoms with Gasteiger partial charge in [0.1, 0.15) is 5.60 Å². The molecule has 2 amide bonds. The van der Waals surface area contributed by atoms with Gasteiger partial charge in [0, 0.05) is 25.5 Å². The molecule has 0 radical (unpaired) electrons. The normalized spacial score (nSPS) is 17.0. The minimum Gasteiger partial charge on any atom is -0.453 e. The highest BCUT2D eigenvalue weighted by atomic mass is 16.6. The van der Waals surface area contributed by atoms with E-state index in [1.807, 2.05) is 45.0 Å². The fourth-order valence-electron chi connectivity index (χ4n) is 6.93. The van der Waals surface area contributed by atoms with Crippen LogP contribution in [-0.2, 0) is 35.1 Å². The van der Waals surface area contributed by atoms with Gasteiger partial charge < -0.3 is 14.6 Å². The van der Waals surface area contributed by atoms with Gasteiger partial charge in [-0.1, -0.05) is 113 Å². The molecule has 0 saturated carbocycles. The SMILES string of the molecule is CC(=O)OC(C(=O)C=C(C(=O)CCCCCCCCCCO)c1cccc(C)c1)C(Cc1ccccc1)C(=O)N1C(=O)OC(C)(C)C1C(C)C. The van der Waals surface area contributed by atoms with Crippen molar-refractivity contribution in [2.45, 2.75) is 123 Å². The Morgan fingerprint density at radius 2 is 1.54 bits per heavy atom. The van der Waals surface area contributed by atoms with E-state index in [1.54, 1.807) is 44.2 Å². The van der Waals surface area contributed by atoms with Gasteiger partial charge >= 0.3 is 12.1 Å². The van der Waals surface area contributed by atoms with Crippen LogP contribution in [0.25, 0.3) is 5.57 Å². The summed E-state index contributed by atoms with van der Waals surface area (Å²) in [6.07, 6.45) is 6.57. The summed E-state index contributed by atoms with van der Waals surface area (Å²) in [6, 6.07) is 15.7. The minimum absolute atomic E-state index is 0.0000509. The van der Waals surface area contributed by atoms with Gasteiger partial charge in [-0.3, -0.25) is 19.2 Å². The van der Waals surface area contributed by atoms with Gasteiger partial charge in [0.2, 0.25) is 5.91 Å². The predicted molar refractivity (Wildman–Crippen MR) is 193 cm³/mol. The summed E-state index contributed by atoms with van der Waals surface area (Å²) in [4.78, 5) is 69.5. The quantitative estimate of drug-likeness (QED) is 0.0856. The van der Waals surface area contributed by atoms with Crippen molar-refractivity contribution >= 4 is 35.1 Å². The second-order valence-electron chi connectivity index (χ2n) is 14.2. The molecule has 3 atom stereocenters. The van der Waals surface area contributed by atoms with E-state index in [0.717, 1.165) is 62.3 Å². The van der Waals surface area contributed by atoms with E-state index in [-0.39, 0.29) is 36.7 Å². The standard InChI is InChI=1S/C41H55NO8/c1-28(2)38-41(5,6)50-40(48)42(38)39(47)34(26-31-20-14-13-15-21-31)37(49-30(4)44)36(46)27-33(32-22-18-19-29(3)25-32)35(45)23-16-11-9-7-8-10-12-17-24-43/h13-15,18-22,25,27-28,34,37-38,43H,7-12,16-17,23-24,26H2,1-6H3. The van der Waals surface area contributed by atoms with Gasteiger partial charge in [-0.2, -0.15) is 0 Å². The van der Waals surface area contributed by atoms with Crippen LogP contribution in [-0.4, -0.2) is 63.9 Å². The number of unbranched alkanes of at least 4 members (excludes halogenated alkanes) is 7. The van der Waals surface area contributed by atoms with Crippen molar-refractivity contribution in [3.8, 4) is 0 Å². The first-order valence-corrected chi connectivity index (χ1v) is 18.0. The summed E-state index contributed by atoms with van der Waals surface area (Å²) in [5.41, 5.74) is 1.37. The fourth-order valence-corrected chi connectivity index (χ4v) is 6.93. The third-order valence-corrected chi connectivity index (χ3v) is 9.19. The highest BCUT2D eigenvalue weighted by Crippen LogP contribution is 2.36. The zero-order chi connectivity index (χ0) is 36.8. The number of aliphatic hydroxyl groups is 1. The zero-order valence-electron chi connectivity index (χ0n) is 30.6. The summed E-state index contributed by atoms with van der Waals surface area (Å²) >= 11 is 0. The molecule has 272 valence electrons. The van der Waals surface area contributed by atoms with E-state index in [9.17, 15) is 24.0 Å². The number of esters is 1. The molecule has 1 aliphatic heterocycles. The molecule has 0 aliphatic carbocycles. The van der Waals surface area contributed by atoms with Crippen LogP contribution in [0, 0.1) is 18.8 Å². The molecule has 1 aliphatic rings. The number of imide groups is 1. The summed E-state index contributed by atoms with van der Waals surface area (Å²) < 4.78 is 11.3. The lowest BCUT2D eigenvalue weighted by molar-refractivity contribution is -0.159. The fraction of sp³-hybridized carbons (Fsp3) is 0.537. The molecule has 1 fully saturated rings. The number of amides is 2. The van der Waals surface area contributed by atoms with Crippen LogP contribution < -0.4 is 0 Å². The van der Waals surface area contributed by atoms with Crippen LogP contribution in [0.5, 0.6) is 0 Å². The number of Topliss-reactive ketones (excluding diaryl/α,β-unsaturated/α-hetero) is 1. The summed E-state index contributed by atoms with van der Waals surface area (Å²) in [6.45, 7) is 10.5. The average molecular weight is 690 g/mol. The number of carbonyl (C=O) groups excluding carboxylic acids is 5. The molecule has 3 rings (SSSR count). The number of benzene rings is 2. The van der Waals surface area contributed by atoms with Crippen LogP contribution in [0.2, 0.25) is 0 Å². The summed E-state index contributed by atoms with van der Waals surface area (Å²) in [7, 11) is 0. The topological polar surface area (TPSA) is 127 Å². The smallest absolute Gasteiger partial charge is 0.417 e. The maximum absolute atomic E-state index is 14.5. The van der Waals surface area contributed by atoms with Crippen molar-refractivity contribution in [3.05, 3.63) is 77.4 Å². The van der Waals surface area contributed by atoms with Crippen molar-refractivity contribution in [2.75, 3.05) is 6.61 Å². The molecule has 0 aromatic heterocycles. The molecule has 1 saturated heterocycles. The Balaban J connectivity index is 1.98. The van der Waals surface area contributed by atoms with E-state index in [4.69, 9.17) is 14.6 Å². The molecule has 0 bridgehead atoms. The first kappa shape index (κ1) is 40.3. The number of cyclic esters (lactones) is 1. The van der Waals surface area contributed by atoms with Gasteiger partial charge in [0.05, 0.1) is 12.0 Å². The number of nitrogens with zero attached hydrogens (tertiary/aromatic N) is 1. The Morgan fingerprint density at radius 3 is 2.12 bits per heavy atom. The second-order valence-corrected chi connectivity index (χ2v) is 14.2. The summed E-state index contributed by atoms with van der Waals surface area (Å²) in [5, 5.41) is 8.95. The first-order chi connectivity index (χ1) is 23.8. The Bertz CT molecular complexity index is 1490. The number of aliphatic hydroxyl groups excluding tert-OH is 1. The summed E-state index contributed by atoms with van der Waals surface area (Å²) in [5.74, 6) is -3.83. The predicted octanol–water partition coefficient (Wildman–Crippen LogP) is 7.59. The molecule has 0 spiro atoms. The third-order valence-electron chi connectivity index (χ3n) is 9.19. The maximum Gasteiger partial charge on any atom is 0.417 e. The monoisotopic (exact) mass is 689 g/mol. The minimum atomic E-state index is -1.61. The number of hydrogen-bond donors (Lipinski definition) is 1. The van der Waals surface area contributed by atoms with E-state index in [0.29, 0.717) is 17.5 Å². The maximum atomic E-state index is 14.5. The Hall–Kier alpha value is -4.11. The molecule has 1 heterocycles. The largest absolute Gasteiger partial charge is 0.453 e. The van der Waals surface area contributed by atoms with E-state index in [1.165, 1.54) is 6.08 Å². The Kier molecular flexibility index (Phi) is 15.6. The van der Waals surface area contributed by atoms with Crippen molar-refractivity contribution in [1.82, 2.24) is 4.90 Å². The van der Waals surface area contributed by atoms with Crippen LogP contribution in [0.4, 0.5) is 4.79 Å². The number of allylic oxidation sites excluding steroid dienone is 1. The van der Waals surface area contributed by atoms with Gasteiger partial charge in [-0.05, 0) is 63.2 Å². The lowest BCUT2D eigenvalue weighted by Crippen LogP contribution is -2.53. The number of rotatable bonds is 20. The van der Waals surface area contributed by atoms with Crippen molar-refractivity contribution < 1.29 is 38.6 Å². The molecule has 3 unspecified atom stereocenters. The van der Waals surface area contributed by atoms with E-state index in [2.05, 4.69) is 0 Å². The highest BCUT2D eigenvalue weighted by molar-refractivity contribution is 6.25. The van der Waals surface area contributed by atoms with Gasteiger partial charge in [0.25, 0.3) is 0 Å². The number of ketones is 2. The van der Waals surface area contributed by atoms with Crippen molar-refractivity contribution in [1.29, 1.82) is 0 Å². The van der Waals surface area contributed by atoms with Crippen LogP contribution in [0.3, 0.4) is 0 Å². The van der Waals surface area contributed by atoms with Crippen LogP contribution in [0.1, 0.15) is 109 Å².